The summed E-state index contributed by atoms with van der Waals surface area (Å²) in [4.78, 5) is 4.64. The molecule has 0 N–H and O–H groups in total. The second-order valence-electron chi connectivity index (χ2n) is 4.55. The Morgan fingerprint density at radius 2 is 1.76 bits per heavy atom. The van der Waals surface area contributed by atoms with Crippen molar-refractivity contribution < 1.29 is 0 Å². The van der Waals surface area contributed by atoms with Crippen molar-refractivity contribution in [2.45, 2.75) is 19.2 Å². The number of rotatable bonds is 7. The largest absolute Gasteiger partial charge is 0.370 e. The van der Waals surface area contributed by atoms with Crippen LogP contribution < -0.4 is 4.90 Å². The quantitative estimate of drug-likeness (QED) is 0.690. The van der Waals surface area contributed by atoms with Crippen LogP contribution in [-0.2, 0) is 5.88 Å². The molecule has 96 valence electrons. The average Bonchev–Trinajstić information content (AvgIpc) is 2.34. The first-order valence-electron chi connectivity index (χ1n) is 6.22. The Labute approximate surface area is 110 Å². The maximum atomic E-state index is 6.00. The summed E-state index contributed by atoms with van der Waals surface area (Å²) < 4.78 is 0. The Bertz CT molecular complexity index is 326. The van der Waals surface area contributed by atoms with Crippen molar-refractivity contribution in [2.24, 2.45) is 0 Å². The minimum absolute atomic E-state index is 0.582. The third kappa shape index (κ3) is 4.57. The highest BCUT2D eigenvalue weighted by Gasteiger charge is 2.09. The van der Waals surface area contributed by atoms with Crippen molar-refractivity contribution in [3.63, 3.8) is 0 Å². The van der Waals surface area contributed by atoms with E-state index in [4.69, 9.17) is 11.6 Å². The van der Waals surface area contributed by atoms with Gasteiger partial charge in [-0.15, -0.1) is 11.6 Å². The fourth-order valence-electron chi connectivity index (χ4n) is 1.88. The van der Waals surface area contributed by atoms with Crippen molar-refractivity contribution in [3.05, 3.63) is 29.8 Å². The van der Waals surface area contributed by atoms with Gasteiger partial charge in [0, 0.05) is 31.2 Å². The smallest absolute Gasteiger partial charge is 0.0494 e. The molecule has 0 bridgehead atoms. The van der Waals surface area contributed by atoms with Gasteiger partial charge in [-0.3, -0.25) is 0 Å². The van der Waals surface area contributed by atoms with E-state index in [1.54, 1.807) is 0 Å². The highest BCUT2D eigenvalue weighted by atomic mass is 35.5. The summed E-state index contributed by atoms with van der Waals surface area (Å²) in [6.07, 6.45) is 1.16. The minimum atomic E-state index is 0.582. The number of para-hydroxylation sites is 1. The van der Waals surface area contributed by atoms with Crippen LogP contribution in [-0.4, -0.2) is 38.6 Å². The highest BCUT2D eigenvalue weighted by Crippen LogP contribution is 2.22. The summed E-state index contributed by atoms with van der Waals surface area (Å²) in [6.45, 7) is 5.42. The summed E-state index contributed by atoms with van der Waals surface area (Å²) in [5, 5.41) is 0. The number of benzene rings is 1. The van der Waals surface area contributed by atoms with E-state index in [0.29, 0.717) is 5.88 Å². The molecule has 0 unspecified atom stereocenters. The molecule has 17 heavy (non-hydrogen) atoms. The SMILES string of the molecule is CCCN(CCN(C)C)c1ccccc1CCl. The molecule has 0 aliphatic carbocycles. The van der Waals surface area contributed by atoms with Crippen LogP contribution in [0.2, 0.25) is 0 Å². The van der Waals surface area contributed by atoms with Gasteiger partial charge in [0.25, 0.3) is 0 Å². The topological polar surface area (TPSA) is 6.48 Å². The molecule has 0 saturated carbocycles. The first-order valence-corrected chi connectivity index (χ1v) is 6.76. The van der Waals surface area contributed by atoms with E-state index >= 15 is 0 Å². The second-order valence-corrected chi connectivity index (χ2v) is 4.82. The van der Waals surface area contributed by atoms with E-state index in [2.05, 4.69) is 55.1 Å². The molecule has 0 heterocycles. The molecule has 1 rings (SSSR count). The van der Waals surface area contributed by atoms with Gasteiger partial charge in [0.05, 0.1) is 0 Å². The van der Waals surface area contributed by atoms with E-state index < -0.39 is 0 Å². The third-order valence-electron chi connectivity index (χ3n) is 2.79. The van der Waals surface area contributed by atoms with Crippen LogP contribution in [0.1, 0.15) is 18.9 Å². The lowest BCUT2D eigenvalue weighted by molar-refractivity contribution is 0.413. The van der Waals surface area contributed by atoms with Crippen LogP contribution in [0.5, 0.6) is 0 Å². The van der Waals surface area contributed by atoms with Crippen LogP contribution in [0.4, 0.5) is 5.69 Å². The molecular weight excluding hydrogens is 232 g/mol. The Hall–Kier alpha value is -0.730. The first kappa shape index (κ1) is 14.3. The number of nitrogens with zero attached hydrogens (tertiary/aromatic N) is 2. The average molecular weight is 255 g/mol. The number of alkyl halides is 1. The standard InChI is InChI=1S/C14H23ClN2/c1-4-9-17(11-10-16(2)3)14-8-6-5-7-13(14)12-15/h5-8H,4,9-12H2,1-3H3. The lowest BCUT2D eigenvalue weighted by atomic mass is 10.1. The molecule has 0 saturated heterocycles. The van der Waals surface area contributed by atoms with E-state index in [9.17, 15) is 0 Å². The van der Waals surface area contributed by atoms with Gasteiger partial charge in [-0.1, -0.05) is 25.1 Å². The lowest BCUT2D eigenvalue weighted by Crippen LogP contribution is -2.32. The maximum absolute atomic E-state index is 6.00. The monoisotopic (exact) mass is 254 g/mol. The zero-order valence-corrected chi connectivity index (χ0v) is 11.9. The number of hydrogen-bond donors (Lipinski definition) is 0. The van der Waals surface area contributed by atoms with Crippen molar-refractivity contribution in [1.29, 1.82) is 0 Å². The molecule has 2 nitrogen and oxygen atoms in total. The van der Waals surface area contributed by atoms with E-state index in [-0.39, 0.29) is 0 Å². The summed E-state index contributed by atoms with van der Waals surface area (Å²) >= 11 is 6.00. The van der Waals surface area contributed by atoms with Crippen LogP contribution in [0, 0.1) is 0 Å². The summed E-state index contributed by atoms with van der Waals surface area (Å²) in [5.41, 5.74) is 2.51. The molecule has 1 aromatic rings. The summed E-state index contributed by atoms with van der Waals surface area (Å²) in [7, 11) is 4.22. The van der Waals surface area contributed by atoms with Gasteiger partial charge < -0.3 is 9.80 Å². The van der Waals surface area contributed by atoms with E-state index in [0.717, 1.165) is 26.1 Å². The second kappa shape index (κ2) is 7.57. The van der Waals surface area contributed by atoms with Crippen molar-refractivity contribution >= 4 is 17.3 Å². The molecule has 0 radical (unpaired) electrons. The number of hydrogen-bond acceptors (Lipinski definition) is 2. The fourth-order valence-corrected chi connectivity index (χ4v) is 2.10. The van der Waals surface area contributed by atoms with Crippen LogP contribution in [0.15, 0.2) is 24.3 Å². The van der Waals surface area contributed by atoms with Gasteiger partial charge in [0.2, 0.25) is 0 Å². The molecule has 0 atom stereocenters. The number of likely N-dealkylation sites (N-methyl/N-ethyl adjacent to an activating group) is 1. The Balaban J connectivity index is 2.80. The molecule has 3 heteroatoms. The third-order valence-corrected chi connectivity index (χ3v) is 3.07. The Morgan fingerprint density at radius 3 is 2.35 bits per heavy atom. The van der Waals surface area contributed by atoms with Crippen LogP contribution >= 0.6 is 11.6 Å². The molecular formula is C14H23ClN2. The van der Waals surface area contributed by atoms with E-state index in [1.165, 1.54) is 11.3 Å². The Kier molecular flexibility index (Phi) is 6.38. The Morgan fingerprint density at radius 1 is 1.06 bits per heavy atom. The zero-order chi connectivity index (χ0) is 12.7. The van der Waals surface area contributed by atoms with Crippen molar-refractivity contribution in [1.82, 2.24) is 4.90 Å². The molecule has 0 spiro atoms. The normalized spacial score (nSPS) is 10.9. The predicted octanol–water partition coefficient (Wildman–Crippen LogP) is 3.20. The van der Waals surface area contributed by atoms with Gasteiger partial charge in [0.15, 0.2) is 0 Å². The summed E-state index contributed by atoms with van der Waals surface area (Å²) in [5.74, 6) is 0.582. The zero-order valence-electron chi connectivity index (χ0n) is 11.1. The van der Waals surface area contributed by atoms with Gasteiger partial charge in [0.1, 0.15) is 0 Å². The van der Waals surface area contributed by atoms with Crippen LogP contribution in [0.3, 0.4) is 0 Å². The van der Waals surface area contributed by atoms with Gasteiger partial charge in [-0.05, 0) is 32.1 Å². The van der Waals surface area contributed by atoms with Gasteiger partial charge in [-0.25, -0.2) is 0 Å². The fraction of sp³-hybridized carbons (Fsp3) is 0.571. The predicted molar refractivity (Wildman–Crippen MR) is 77.1 cm³/mol. The van der Waals surface area contributed by atoms with Crippen molar-refractivity contribution in [3.8, 4) is 0 Å². The number of anilines is 1. The minimum Gasteiger partial charge on any atom is -0.370 e. The first-order chi connectivity index (χ1) is 8.19. The number of halogens is 1. The molecule has 0 fully saturated rings. The van der Waals surface area contributed by atoms with E-state index in [1.807, 2.05) is 0 Å². The molecule has 0 aromatic heterocycles. The van der Waals surface area contributed by atoms with Crippen molar-refractivity contribution in [2.75, 3.05) is 38.6 Å². The highest BCUT2D eigenvalue weighted by molar-refractivity contribution is 6.17. The van der Waals surface area contributed by atoms with Gasteiger partial charge >= 0.3 is 0 Å². The molecule has 1 aromatic carbocycles. The molecule has 0 amide bonds. The molecule has 0 aliphatic rings. The lowest BCUT2D eigenvalue weighted by Gasteiger charge is -2.27. The maximum Gasteiger partial charge on any atom is 0.0494 e. The summed E-state index contributed by atoms with van der Waals surface area (Å²) in [6, 6.07) is 8.42. The van der Waals surface area contributed by atoms with Gasteiger partial charge in [-0.2, -0.15) is 0 Å². The molecule has 0 aliphatic heterocycles. The van der Waals surface area contributed by atoms with Crippen LogP contribution in [0.25, 0.3) is 0 Å².